The second-order valence-corrected chi connectivity index (χ2v) is 7.04. The molecule has 2 atom stereocenters. The minimum Gasteiger partial charge on any atom is -0.364 e. The molecule has 0 aliphatic carbocycles. The lowest BCUT2D eigenvalue weighted by atomic mass is 10.1. The third-order valence-electron chi connectivity index (χ3n) is 3.66. The van der Waals surface area contributed by atoms with Crippen molar-refractivity contribution in [1.29, 1.82) is 0 Å². The molecule has 1 saturated heterocycles. The van der Waals surface area contributed by atoms with Crippen molar-refractivity contribution in [3.63, 3.8) is 0 Å². The maximum absolute atomic E-state index is 12.3. The van der Waals surface area contributed by atoms with E-state index >= 15 is 0 Å². The van der Waals surface area contributed by atoms with Gasteiger partial charge in [-0.15, -0.1) is 36.2 Å². The van der Waals surface area contributed by atoms with Gasteiger partial charge in [-0.2, -0.15) is 0 Å². The number of nitrogens with one attached hydrogen (secondary N) is 1. The number of ether oxygens (including phenoxy) is 1. The van der Waals surface area contributed by atoms with Crippen molar-refractivity contribution >= 4 is 42.1 Å². The highest BCUT2D eigenvalue weighted by molar-refractivity contribution is 7.11. The number of rotatable bonds is 4. The number of carbonyl (C=O) groups is 1. The average molecular weight is 370 g/mol. The molecule has 1 aliphatic heterocycles. The van der Waals surface area contributed by atoms with E-state index in [9.17, 15) is 4.79 Å². The summed E-state index contributed by atoms with van der Waals surface area (Å²) in [5, 5.41) is 3.97. The number of hydrogen-bond acceptors (Lipinski definition) is 5. The van der Waals surface area contributed by atoms with Crippen molar-refractivity contribution in [2.75, 3.05) is 6.54 Å². The maximum Gasteiger partial charge on any atom is 0.249 e. The molecule has 0 bridgehead atoms. The molecule has 0 aromatic carbocycles. The van der Waals surface area contributed by atoms with E-state index in [2.05, 4.69) is 10.3 Å². The van der Waals surface area contributed by atoms with E-state index in [-0.39, 0.29) is 42.9 Å². The van der Waals surface area contributed by atoms with Crippen LogP contribution in [0.2, 0.25) is 0 Å². The molecule has 1 aromatic heterocycles. The van der Waals surface area contributed by atoms with Crippen LogP contribution in [-0.2, 0) is 15.1 Å². The van der Waals surface area contributed by atoms with Gasteiger partial charge in [0, 0.05) is 11.4 Å². The zero-order valence-electron chi connectivity index (χ0n) is 13.3. The molecule has 8 heteroatoms. The number of amides is 1. The van der Waals surface area contributed by atoms with Crippen LogP contribution >= 0.6 is 36.2 Å². The standard InChI is InChI=1S/C14H23N3O2S.2ClH/c1-8-9(2)20-13(16-8)14(3,4)17-12(18)11-6-5-10(7-15)19-11;;/h10-11H,5-7,15H2,1-4H3,(H,17,18);2*1H/t10-,11+;;/m1../s1. The zero-order chi connectivity index (χ0) is 14.9. The minimum absolute atomic E-state index is 0. The third kappa shape index (κ3) is 4.80. The number of halogens is 2. The molecule has 128 valence electrons. The van der Waals surface area contributed by atoms with Crippen molar-refractivity contribution in [2.24, 2.45) is 5.73 Å². The molecule has 2 heterocycles. The fourth-order valence-electron chi connectivity index (χ4n) is 2.25. The molecular formula is C14H25Cl2N3O2S. The van der Waals surface area contributed by atoms with Crippen molar-refractivity contribution < 1.29 is 9.53 Å². The summed E-state index contributed by atoms with van der Waals surface area (Å²) < 4.78 is 5.63. The second-order valence-electron chi connectivity index (χ2n) is 5.83. The van der Waals surface area contributed by atoms with E-state index in [4.69, 9.17) is 10.5 Å². The molecule has 1 aromatic rings. The molecule has 3 N–H and O–H groups in total. The van der Waals surface area contributed by atoms with E-state index in [1.807, 2.05) is 27.7 Å². The Balaban J connectivity index is 0.00000220. The fraction of sp³-hybridized carbons (Fsp3) is 0.714. The number of aryl methyl sites for hydroxylation is 2. The van der Waals surface area contributed by atoms with Gasteiger partial charge in [0.1, 0.15) is 11.1 Å². The lowest BCUT2D eigenvalue weighted by Gasteiger charge is -2.25. The quantitative estimate of drug-likeness (QED) is 0.854. The van der Waals surface area contributed by atoms with Gasteiger partial charge in [-0.05, 0) is 40.5 Å². The number of nitrogens with zero attached hydrogens (tertiary/aromatic N) is 1. The van der Waals surface area contributed by atoms with Crippen molar-refractivity contribution in [3.8, 4) is 0 Å². The van der Waals surface area contributed by atoms with Crippen molar-refractivity contribution in [1.82, 2.24) is 10.3 Å². The number of thiazole rings is 1. The van der Waals surface area contributed by atoms with E-state index in [0.717, 1.165) is 23.5 Å². The summed E-state index contributed by atoms with van der Waals surface area (Å²) in [6.45, 7) is 8.44. The van der Waals surface area contributed by atoms with E-state index in [0.29, 0.717) is 6.54 Å². The molecule has 1 fully saturated rings. The van der Waals surface area contributed by atoms with Crippen LogP contribution in [0.25, 0.3) is 0 Å². The Labute approximate surface area is 148 Å². The number of hydrogen-bond donors (Lipinski definition) is 2. The molecule has 2 rings (SSSR count). The Bertz CT molecular complexity index is 489. The Morgan fingerprint density at radius 1 is 1.41 bits per heavy atom. The highest BCUT2D eigenvalue weighted by Gasteiger charge is 2.34. The van der Waals surface area contributed by atoms with Crippen LogP contribution < -0.4 is 11.1 Å². The molecule has 5 nitrogen and oxygen atoms in total. The van der Waals surface area contributed by atoms with Crippen LogP contribution in [0.5, 0.6) is 0 Å². The lowest BCUT2D eigenvalue weighted by Crippen LogP contribution is -2.46. The van der Waals surface area contributed by atoms with Crippen LogP contribution in [0, 0.1) is 13.8 Å². The lowest BCUT2D eigenvalue weighted by molar-refractivity contribution is -0.133. The first kappa shape index (κ1) is 21.6. The smallest absolute Gasteiger partial charge is 0.249 e. The first-order valence-corrected chi connectivity index (χ1v) is 7.77. The molecular weight excluding hydrogens is 345 g/mol. The molecule has 1 aliphatic rings. The topological polar surface area (TPSA) is 77.2 Å². The summed E-state index contributed by atoms with van der Waals surface area (Å²) in [4.78, 5) is 18.0. The summed E-state index contributed by atoms with van der Waals surface area (Å²) >= 11 is 1.62. The van der Waals surface area contributed by atoms with Crippen LogP contribution in [-0.4, -0.2) is 29.6 Å². The molecule has 0 saturated carbocycles. The Morgan fingerprint density at radius 2 is 2.05 bits per heavy atom. The number of nitrogens with two attached hydrogens (primary N) is 1. The summed E-state index contributed by atoms with van der Waals surface area (Å²) in [6.07, 6.45) is 1.22. The SMILES string of the molecule is Cc1nc(C(C)(C)NC(=O)[C@@H]2CC[C@H](CN)O2)sc1C.Cl.Cl. The van der Waals surface area contributed by atoms with E-state index in [1.165, 1.54) is 4.88 Å². The minimum atomic E-state index is -0.481. The van der Waals surface area contributed by atoms with Crippen LogP contribution in [0.4, 0.5) is 0 Å². The fourth-order valence-corrected chi connectivity index (χ4v) is 3.23. The van der Waals surface area contributed by atoms with Gasteiger partial charge in [0.05, 0.1) is 17.3 Å². The van der Waals surface area contributed by atoms with Crippen LogP contribution in [0.3, 0.4) is 0 Å². The van der Waals surface area contributed by atoms with Gasteiger partial charge >= 0.3 is 0 Å². The summed E-state index contributed by atoms with van der Waals surface area (Å²) in [6, 6.07) is 0. The summed E-state index contributed by atoms with van der Waals surface area (Å²) in [7, 11) is 0. The third-order valence-corrected chi connectivity index (χ3v) is 5.06. The predicted octanol–water partition coefficient (Wildman–Crippen LogP) is 2.46. The van der Waals surface area contributed by atoms with Gasteiger partial charge in [-0.1, -0.05) is 0 Å². The summed E-state index contributed by atoms with van der Waals surface area (Å²) in [5.41, 5.74) is 6.11. The van der Waals surface area contributed by atoms with Crippen LogP contribution in [0.15, 0.2) is 0 Å². The highest BCUT2D eigenvalue weighted by Crippen LogP contribution is 2.28. The predicted molar refractivity (Wildman–Crippen MR) is 94.2 cm³/mol. The van der Waals surface area contributed by atoms with Crippen molar-refractivity contribution in [2.45, 2.75) is 58.3 Å². The molecule has 0 spiro atoms. The Hall–Kier alpha value is -0.400. The Kier molecular flexibility index (Phi) is 8.30. The molecule has 0 radical (unpaired) electrons. The van der Waals surface area contributed by atoms with Gasteiger partial charge in [0.15, 0.2) is 0 Å². The maximum atomic E-state index is 12.3. The van der Waals surface area contributed by atoms with Gasteiger partial charge in [-0.25, -0.2) is 4.98 Å². The molecule has 0 unspecified atom stereocenters. The van der Waals surface area contributed by atoms with Gasteiger partial charge in [0.25, 0.3) is 0 Å². The molecule has 22 heavy (non-hydrogen) atoms. The first-order valence-electron chi connectivity index (χ1n) is 6.95. The second kappa shape index (κ2) is 8.45. The van der Waals surface area contributed by atoms with Gasteiger partial charge in [0.2, 0.25) is 5.91 Å². The average Bonchev–Trinajstić information content (AvgIpc) is 2.97. The van der Waals surface area contributed by atoms with Gasteiger partial charge in [-0.3, -0.25) is 4.79 Å². The number of carbonyl (C=O) groups excluding carboxylic acids is 1. The molecule has 1 amide bonds. The monoisotopic (exact) mass is 369 g/mol. The van der Waals surface area contributed by atoms with Gasteiger partial charge < -0.3 is 15.8 Å². The normalized spacial score (nSPS) is 21.0. The van der Waals surface area contributed by atoms with E-state index < -0.39 is 5.54 Å². The first-order chi connectivity index (χ1) is 9.33. The largest absolute Gasteiger partial charge is 0.364 e. The Morgan fingerprint density at radius 3 is 2.50 bits per heavy atom. The van der Waals surface area contributed by atoms with Crippen molar-refractivity contribution in [3.05, 3.63) is 15.6 Å². The van der Waals surface area contributed by atoms with E-state index in [1.54, 1.807) is 11.3 Å². The highest BCUT2D eigenvalue weighted by atomic mass is 35.5. The van der Waals surface area contributed by atoms with Crippen LogP contribution in [0.1, 0.15) is 42.3 Å². The zero-order valence-corrected chi connectivity index (χ0v) is 15.8. The number of aromatic nitrogens is 1. The summed E-state index contributed by atoms with van der Waals surface area (Å²) in [5.74, 6) is -0.0727.